The molecule has 2 rings (SSSR count). The van der Waals surface area contributed by atoms with Crippen LogP contribution in [-0.4, -0.2) is 23.3 Å². The zero-order valence-corrected chi connectivity index (χ0v) is 11.3. The van der Waals surface area contributed by atoms with Crippen LogP contribution >= 0.6 is 0 Å². The van der Waals surface area contributed by atoms with E-state index < -0.39 is 17.6 Å². The maximum Gasteiger partial charge on any atom is 0.379 e. The van der Waals surface area contributed by atoms with E-state index >= 15 is 0 Å². The van der Waals surface area contributed by atoms with E-state index in [1.54, 1.807) is 13.1 Å². The molecule has 5 heteroatoms. The molecule has 0 radical (unpaired) electrons. The third-order valence-corrected chi connectivity index (χ3v) is 3.04. The van der Waals surface area contributed by atoms with Gasteiger partial charge in [-0.15, -0.1) is 0 Å². The van der Waals surface area contributed by atoms with Crippen molar-refractivity contribution in [2.75, 3.05) is 6.61 Å². The average molecular weight is 275 g/mol. The highest BCUT2D eigenvalue weighted by Crippen LogP contribution is 2.26. The number of aryl methyl sites for hydroxylation is 1. The summed E-state index contributed by atoms with van der Waals surface area (Å²) in [6, 6.07) is 2.81. The number of Topliss-reactive ketones (excluding diaryl/α,β-unsaturated/α-hetero) is 1. The number of ether oxygens (including phenoxy) is 1. The van der Waals surface area contributed by atoms with Gasteiger partial charge in [-0.05, 0) is 36.4 Å². The number of pyridine rings is 1. The van der Waals surface area contributed by atoms with Crippen LogP contribution in [0.2, 0.25) is 0 Å². The van der Waals surface area contributed by atoms with Crippen molar-refractivity contribution in [2.24, 2.45) is 0 Å². The third kappa shape index (κ3) is 2.39. The van der Waals surface area contributed by atoms with E-state index in [1.165, 1.54) is 18.3 Å². The standard InChI is InChI=1S/C15H14FNO3/c1-3-9-7-12(16)13(14(18)15(19)20-4-2)10-5-6-17-8-11(9)10/h5-8H,3-4H2,1-2H3. The number of ketones is 1. The molecular formula is C15H14FNO3. The van der Waals surface area contributed by atoms with E-state index in [0.717, 1.165) is 5.56 Å². The van der Waals surface area contributed by atoms with E-state index in [9.17, 15) is 14.0 Å². The van der Waals surface area contributed by atoms with Gasteiger partial charge in [-0.2, -0.15) is 0 Å². The van der Waals surface area contributed by atoms with Crippen LogP contribution in [0.25, 0.3) is 10.8 Å². The Labute approximate surface area is 115 Å². The molecule has 104 valence electrons. The molecular weight excluding hydrogens is 261 g/mol. The summed E-state index contributed by atoms with van der Waals surface area (Å²) in [4.78, 5) is 27.6. The minimum atomic E-state index is -1.05. The zero-order chi connectivity index (χ0) is 14.7. The van der Waals surface area contributed by atoms with Gasteiger partial charge in [0.05, 0.1) is 12.2 Å². The Kier molecular flexibility index (Phi) is 4.08. The molecule has 2 aromatic rings. The lowest BCUT2D eigenvalue weighted by atomic mass is 9.97. The molecule has 1 aromatic heterocycles. The number of halogens is 1. The summed E-state index contributed by atoms with van der Waals surface area (Å²) in [7, 11) is 0. The second kappa shape index (κ2) is 5.77. The molecule has 4 nitrogen and oxygen atoms in total. The number of carbonyl (C=O) groups excluding carboxylic acids is 2. The van der Waals surface area contributed by atoms with E-state index in [2.05, 4.69) is 9.72 Å². The van der Waals surface area contributed by atoms with Crippen molar-refractivity contribution in [2.45, 2.75) is 20.3 Å². The Balaban J connectivity index is 2.67. The second-order valence-corrected chi connectivity index (χ2v) is 4.22. The van der Waals surface area contributed by atoms with Gasteiger partial charge in [-0.1, -0.05) is 6.92 Å². The van der Waals surface area contributed by atoms with Crippen LogP contribution in [0, 0.1) is 5.82 Å². The summed E-state index contributed by atoms with van der Waals surface area (Å²) >= 11 is 0. The van der Waals surface area contributed by atoms with Gasteiger partial charge in [0.1, 0.15) is 5.82 Å². The molecule has 0 saturated heterocycles. The Morgan fingerprint density at radius 2 is 2.05 bits per heavy atom. The van der Waals surface area contributed by atoms with Crippen molar-refractivity contribution in [3.8, 4) is 0 Å². The number of hydrogen-bond donors (Lipinski definition) is 0. The van der Waals surface area contributed by atoms with Gasteiger partial charge in [0.15, 0.2) is 0 Å². The van der Waals surface area contributed by atoms with Gasteiger partial charge in [-0.3, -0.25) is 9.78 Å². The fraction of sp³-hybridized carbons (Fsp3) is 0.267. The Morgan fingerprint density at radius 3 is 2.70 bits per heavy atom. The second-order valence-electron chi connectivity index (χ2n) is 4.22. The number of benzene rings is 1. The number of rotatable bonds is 4. The van der Waals surface area contributed by atoms with Crippen molar-refractivity contribution in [1.82, 2.24) is 4.98 Å². The third-order valence-electron chi connectivity index (χ3n) is 3.04. The fourth-order valence-corrected chi connectivity index (χ4v) is 2.12. The van der Waals surface area contributed by atoms with Crippen molar-refractivity contribution in [3.63, 3.8) is 0 Å². The average Bonchev–Trinajstić information content (AvgIpc) is 2.46. The summed E-state index contributed by atoms with van der Waals surface area (Å²) < 4.78 is 18.8. The molecule has 0 saturated carbocycles. The zero-order valence-electron chi connectivity index (χ0n) is 11.3. The first-order valence-electron chi connectivity index (χ1n) is 6.36. The molecule has 1 heterocycles. The molecule has 0 aliphatic heterocycles. The normalized spacial score (nSPS) is 10.6. The summed E-state index contributed by atoms with van der Waals surface area (Å²) in [5.74, 6) is -2.73. The number of esters is 1. The highest BCUT2D eigenvalue weighted by Gasteiger charge is 2.24. The van der Waals surface area contributed by atoms with Crippen LogP contribution in [-0.2, 0) is 16.0 Å². The lowest BCUT2D eigenvalue weighted by Crippen LogP contribution is -2.19. The highest BCUT2D eigenvalue weighted by atomic mass is 19.1. The highest BCUT2D eigenvalue weighted by molar-refractivity contribution is 6.43. The number of fused-ring (bicyclic) bond motifs is 1. The molecule has 20 heavy (non-hydrogen) atoms. The summed E-state index contributed by atoms with van der Waals surface area (Å²) in [5.41, 5.74) is 0.490. The quantitative estimate of drug-likeness (QED) is 0.489. The predicted molar refractivity (Wildman–Crippen MR) is 72.0 cm³/mol. The molecule has 0 N–H and O–H groups in total. The number of hydrogen-bond acceptors (Lipinski definition) is 4. The van der Waals surface area contributed by atoms with E-state index in [0.29, 0.717) is 17.2 Å². The first-order valence-corrected chi connectivity index (χ1v) is 6.36. The van der Waals surface area contributed by atoms with Crippen LogP contribution in [0.4, 0.5) is 4.39 Å². The van der Waals surface area contributed by atoms with E-state index in [-0.39, 0.29) is 12.2 Å². The van der Waals surface area contributed by atoms with Crippen LogP contribution in [0.1, 0.15) is 29.8 Å². The van der Waals surface area contributed by atoms with Gasteiger partial charge in [0.2, 0.25) is 0 Å². The maximum absolute atomic E-state index is 14.2. The number of nitrogens with zero attached hydrogens (tertiary/aromatic N) is 1. The van der Waals surface area contributed by atoms with Gasteiger partial charge in [-0.25, -0.2) is 9.18 Å². The summed E-state index contributed by atoms with van der Waals surface area (Å²) in [5, 5.41) is 1.05. The fourth-order valence-electron chi connectivity index (χ4n) is 2.12. The molecule has 1 aromatic carbocycles. The molecule has 0 amide bonds. The smallest absolute Gasteiger partial charge is 0.379 e. The largest absolute Gasteiger partial charge is 0.460 e. The lowest BCUT2D eigenvalue weighted by molar-refractivity contribution is -0.137. The molecule has 0 spiro atoms. The summed E-state index contributed by atoms with van der Waals surface area (Å²) in [6.45, 7) is 3.54. The minimum absolute atomic E-state index is 0.0682. The molecule has 0 bridgehead atoms. The Morgan fingerprint density at radius 1 is 1.30 bits per heavy atom. The maximum atomic E-state index is 14.2. The lowest BCUT2D eigenvalue weighted by Gasteiger charge is -2.10. The predicted octanol–water partition coefficient (Wildman–Crippen LogP) is 2.68. The van der Waals surface area contributed by atoms with Crippen molar-refractivity contribution in [3.05, 3.63) is 41.5 Å². The van der Waals surface area contributed by atoms with Crippen molar-refractivity contribution >= 4 is 22.5 Å². The van der Waals surface area contributed by atoms with Crippen LogP contribution in [0.5, 0.6) is 0 Å². The monoisotopic (exact) mass is 275 g/mol. The van der Waals surface area contributed by atoms with Crippen LogP contribution < -0.4 is 0 Å². The van der Waals surface area contributed by atoms with E-state index in [1.807, 2.05) is 6.92 Å². The molecule has 0 unspecified atom stereocenters. The van der Waals surface area contributed by atoms with Crippen molar-refractivity contribution < 1.29 is 18.7 Å². The molecule has 0 aliphatic rings. The number of aromatic nitrogens is 1. The van der Waals surface area contributed by atoms with Crippen LogP contribution in [0.3, 0.4) is 0 Å². The first-order chi connectivity index (χ1) is 9.60. The topological polar surface area (TPSA) is 56.3 Å². The van der Waals surface area contributed by atoms with Gasteiger partial charge in [0, 0.05) is 17.8 Å². The van der Waals surface area contributed by atoms with Crippen LogP contribution in [0.15, 0.2) is 24.5 Å². The molecule has 0 aliphatic carbocycles. The number of carbonyl (C=O) groups is 2. The van der Waals surface area contributed by atoms with Gasteiger partial charge in [0.25, 0.3) is 5.78 Å². The van der Waals surface area contributed by atoms with Gasteiger partial charge < -0.3 is 4.74 Å². The Bertz CT molecular complexity index is 682. The molecule has 0 fully saturated rings. The van der Waals surface area contributed by atoms with E-state index in [4.69, 9.17) is 0 Å². The summed E-state index contributed by atoms with van der Waals surface area (Å²) in [6.07, 6.45) is 3.63. The molecule has 0 atom stereocenters. The minimum Gasteiger partial charge on any atom is -0.460 e. The van der Waals surface area contributed by atoms with Gasteiger partial charge >= 0.3 is 5.97 Å². The Hall–Kier alpha value is -2.30. The first kappa shape index (κ1) is 14.1. The SMILES string of the molecule is CCOC(=O)C(=O)c1c(F)cc(CC)c2cnccc12. The van der Waals surface area contributed by atoms with Crippen molar-refractivity contribution in [1.29, 1.82) is 0 Å².